The summed E-state index contributed by atoms with van der Waals surface area (Å²) in [5.41, 5.74) is 5.93. The van der Waals surface area contributed by atoms with Gasteiger partial charge in [0.2, 0.25) is 0 Å². The first kappa shape index (κ1) is 9.36. The Kier molecular flexibility index (Phi) is 3.69. The van der Waals surface area contributed by atoms with Crippen molar-refractivity contribution in [3.63, 3.8) is 0 Å². The molecule has 1 saturated heterocycles. The van der Waals surface area contributed by atoms with E-state index in [1.165, 1.54) is 0 Å². The van der Waals surface area contributed by atoms with Gasteiger partial charge in [-0.1, -0.05) is 13.8 Å². The molecule has 2 atom stereocenters. The van der Waals surface area contributed by atoms with Crippen LogP contribution in [0.5, 0.6) is 0 Å². The summed E-state index contributed by atoms with van der Waals surface area (Å²) < 4.78 is 5.35. The summed E-state index contributed by atoms with van der Waals surface area (Å²) in [6.45, 7) is 6.08. The molecule has 0 aromatic heterocycles. The average Bonchev–Trinajstić information content (AvgIpc) is 1.93. The van der Waals surface area contributed by atoms with Crippen LogP contribution >= 0.6 is 11.8 Å². The molecule has 2 N–H and O–H groups in total. The first-order valence-corrected chi connectivity index (χ1v) is 5.13. The van der Waals surface area contributed by atoms with E-state index in [1.54, 1.807) is 0 Å². The van der Waals surface area contributed by atoms with Gasteiger partial charge in [0, 0.05) is 17.9 Å². The van der Waals surface area contributed by atoms with Gasteiger partial charge in [-0.05, 0) is 11.7 Å². The number of hydrogen-bond acceptors (Lipinski definition) is 3. The molecule has 0 radical (unpaired) electrons. The molecule has 0 aromatic carbocycles. The summed E-state index contributed by atoms with van der Waals surface area (Å²) in [5.74, 6) is 0. The highest BCUT2D eigenvalue weighted by atomic mass is 32.2. The lowest BCUT2D eigenvalue weighted by molar-refractivity contribution is 0.0915. The van der Waals surface area contributed by atoms with E-state index in [-0.39, 0.29) is 0 Å². The summed E-state index contributed by atoms with van der Waals surface area (Å²) >= 11 is 1.93. The maximum atomic E-state index is 5.93. The van der Waals surface area contributed by atoms with Gasteiger partial charge in [0.05, 0.1) is 6.61 Å². The zero-order valence-corrected chi connectivity index (χ0v) is 8.06. The average molecular weight is 175 g/mol. The van der Waals surface area contributed by atoms with Crippen LogP contribution in [0.15, 0.2) is 0 Å². The topological polar surface area (TPSA) is 35.2 Å². The lowest BCUT2D eigenvalue weighted by Crippen LogP contribution is -2.41. The van der Waals surface area contributed by atoms with Gasteiger partial charge in [-0.15, -0.1) is 0 Å². The highest BCUT2D eigenvalue weighted by Gasteiger charge is 2.23. The van der Waals surface area contributed by atoms with E-state index in [0.717, 1.165) is 19.6 Å². The third kappa shape index (κ3) is 3.01. The van der Waals surface area contributed by atoms with E-state index < -0.39 is 0 Å². The molecule has 0 aromatic rings. The van der Waals surface area contributed by atoms with Crippen LogP contribution in [0.2, 0.25) is 0 Å². The van der Waals surface area contributed by atoms with E-state index in [1.807, 2.05) is 11.8 Å². The minimum absolute atomic E-state index is 0.344. The number of ether oxygens (including phenoxy) is 1. The molecule has 1 heterocycles. The highest BCUT2D eigenvalue weighted by molar-refractivity contribution is 8.00. The highest BCUT2D eigenvalue weighted by Crippen LogP contribution is 2.23. The predicted molar refractivity (Wildman–Crippen MR) is 49.9 cm³/mol. The number of thioether (sulfide) groups is 1. The van der Waals surface area contributed by atoms with Gasteiger partial charge < -0.3 is 10.5 Å². The third-order valence-corrected chi connectivity index (χ3v) is 3.18. The third-order valence-electron chi connectivity index (χ3n) is 1.80. The SMILES string of the molecule is CC(C)SC1COCCC1N. The fourth-order valence-electron chi connectivity index (χ4n) is 1.22. The Morgan fingerprint density at radius 1 is 1.55 bits per heavy atom. The van der Waals surface area contributed by atoms with Crippen molar-refractivity contribution in [2.45, 2.75) is 36.8 Å². The molecule has 66 valence electrons. The Balaban J connectivity index is 2.29. The van der Waals surface area contributed by atoms with Crippen molar-refractivity contribution < 1.29 is 4.74 Å². The van der Waals surface area contributed by atoms with E-state index in [9.17, 15) is 0 Å². The molecule has 0 aliphatic carbocycles. The number of hydrogen-bond donors (Lipinski definition) is 1. The Labute approximate surface area is 72.9 Å². The van der Waals surface area contributed by atoms with Crippen LogP contribution in [0.3, 0.4) is 0 Å². The van der Waals surface area contributed by atoms with Gasteiger partial charge in [-0.3, -0.25) is 0 Å². The van der Waals surface area contributed by atoms with Gasteiger partial charge in [0.25, 0.3) is 0 Å². The summed E-state index contributed by atoms with van der Waals surface area (Å²) in [6.07, 6.45) is 1.02. The second-order valence-corrected chi connectivity index (χ2v) is 5.07. The smallest absolute Gasteiger partial charge is 0.0600 e. The van der Waals surface area contributed by atoms with Crippen LogP contribution < -0.4 is 5.73 Å². The lowest BCUT2D eigenvalue weighted by atomic mass is 10.1. The minimum atomic E-state index is 0.344. The van der Waals surface area contributed by atoms with Crippen molar-refractivity contribution in [2.24, 2.45) is 5.73 Å². The fourth-order valence-corrected chi connectivity index (χ4v) is 2.43. The Hall–Kier alpha value is 0.270. The predicted octanol–water partition coefficient (Wildman–Crippen LogP) is 1.24. The largest absolute Gasteiger partial charge is 0.380 e. The van der Waals surface area contributed by atoms with E-state index in [4.69, 9.17) is 10.5 Å². The Morgan fingerprint density at radius 2 is 2.27 bits per heavy atom. The van der Waals surface area contributed by atoms with Gasteiger partial charge in [-0.25, -0.2) is 0 Å². The number of rotatable bonds is 2. The maximum Gasteiger partial charge on any atom is 0.0600 e. The second-order valence-electron chi connectivity index (χ2n) is 3.25. The molecular weight excluding hydrogens is 158 g/mol. The fraction of sp³-hybridized carbons (Fsp3) is 1.00. The first-order valence-electron chi connectivity index (χ1n) is 4.19. The van der Waals surface area contributed by atoms with Crippen molar-refractivity contribution in [3.8, 4) is 0 Å². The van der Waals surface area contributed by atoms with Crippen molar-refractivity contribution in [1.82, 2.24) is 0 Å². The van der Waals surface area contributed by atoms with Crippen molar-refractivity contribution in [2.75, 3.05) is 13.2 Å². The van der Waals surface area contributed by atoms with E-state index >= 15 is 0 Å². The molecule has 1 rings (SSSR count). The van der Waals surface area contributed by atoms with Crippen LogP contribution in [-0.4, -0.2) is 29.8 Å². The van der Waals surface area contributed by atoms with Crippen LogP contribution in [0, 0.1) is 0 Å². The molecule has 0 saturated carbocycles. The maximum absolute atomic E-state index is 5.93. The normalized spacial score (nSPS) is 32.7. The molecule has 0 bridgehead atoms. The zero-order valence-electron chi connectivity index (χ0n) is 7.25. The number of nitrogens with two attached hydrogens (primary N) is 1. The van der Waals surface area contributed by atoms with Crippen LogP contribution in [-0.2, 0) is 4.74 Å². The van der Waals surface area contributed by atoms with Gasteiger partial charge in [0.1, 0.15) is 0 Å². The Bertz CT molecular complexity index is 119. The molecular formula is C8H17NOS. The van der Waals surface area contributed by atoms with Gasteiger partial charge in [0.15, 0.2) is 0 Å². The van der Waals surface area contributed by atoms with E-state index in [2.05, 4.69) is 13.8 Å². The van der Waals surface area contributed by atoms with Crippen molar-refractivity contribution in [3.05, 3.63) is 0 Å². The van der Waals surface area contributed by atoms with Crippen LogP contribution in [0.1, 0.15) is 20.3 Å². The molecule has 0 amide bonds. The summed E-state index contributed by atoms with van der Waals surface area (Å²) in [5, 5.41) is 1.18. The first-order chi connectivity index (χ1) is 5.20. The van der Waals surface area contributed by atoms with Gasteiger partial charge in [-0.2, -0.15) is 11.8 Å². The van der Waals surface area contributed by atoms with Crippen molar-refractivity contribution in [1.29, 1.82) is 0 Å². The standard InChI is InChI=1S/C8H17NOS/c1-6(2)11-8-5-10-4-3-7(8)9/h6-8H,3-5,9H2,1-2H3. The van der Waals surface area contributed by atoms with Gasteiger partial charge >= 0.3 is 0 Å². The Morgan fingerprint density at radius 3 is 2.82 bits per heavy atom. The van der Waals surface area contributed by atoms with E-state index in [0.29, 0.717) is 16.5 Å². The molecule has 3 heteroatoms. The molecule has 11 heavy (non-hydrogen) atoms. The molecule has 1 aliphatic heterocycles. The molecule has 1 fully saturated rings. The van der Waals surface area contributed by atoms with Crippen LogP contribution in [0.4, 0.5) is 0 Å². The molecule has 1 aliphatic rings. The minimum Gasteiger partial charge on any atom is -0.380 e. The molecule has 2 nitrogen and oxygen atoms in total. The van der Waals surface area contributed by atoms with Crippen molar-refractivity contribution >= 4 is 11.8 Å². The second kappa shape index (κ2) is 4.33. The molecule has 0 spiro atoms. The van der Waals surface area contributed by atoms with Crippen LogP contribution in [0.25, 0.3) is 0 Å². The molecule has 2 unspecified atom stereocenters. The summed E-state index contributed by atoms with van der Waals surface area (Å²) in [6, 6.07) is 0.344. The monoisotopic (exact) mass is 175 g/mol. The lowest BCUT2D eigenvalue weighted by Gasteiger charge is -2.29. The zero-order chi connectivity index (χ0) is 8.27. The summed E-state index contributed by atoms with van der Waals surface area (Å²) in [7, 11) is 0. The summed E-state index contributed by atoms with van der Waals surface area (Å²) in [4.78, 5) is 0. The quantitative estimate of drug-likeness (QED) is 0.686.